The lowest BCUT2D eigenvalue weighted by molar-refractivity contribution is -0.168. The number of carbonyl (C=O) groups is 3. The van der Waals surface area contributed by atoms with Crippen molar-refractivity contribution < 1.29 is 38.2 Å². The van der Waals surface area contributed by atoms with E-state index in [0.717, 1.165) is 16.7 Å². The summed E-state index contributed by atoms with van der Waals surface area (Å²) in [6, 6.07) is 16.3. The number of benzene rings is 2. The Hall–Kier alpha value is -3.04. The predicted octanol–water partition coefficient (Wildman–Crippen LogP) is 4.10. The smallest absolute Gasteiger partial charge is 0.339 e. The van der Waals surface area contributed by atoms with Crippen LogP contribution < -0.4 is 5.32 Å². The topological polar surface area (TPSA) is 142 Å². The van der Waals surface area contributed by atoms with Gasteiger partial charge in [-0.05, 0) is 36.5 Å². The van der Waals surface area contributed by atoms with Crippen molar-refractivity contribution in [3.63, 3.8) is 0 Å². The van der Waals surface area contributed by atoms with Crippen LogP contribution in [0, 0.1) is 5.92 Å². The van der Waals surface area contributed by atoms with Gasteiger partial charge >= 0.3 is 19.5 Å². The zero-order valence-corrected chi connectivity index (χ0v) is 24.5. The first kappa shape index (κ1) is 33.2. The van der Waals surface area contributed by atoms with E-state index in [-0.39, 0.29) is 44.3 Å². The van der Waals surface area contributed by atoms with Crippen molar-refractivity contribution in [2.24, 2.45) is 5.92 Å². The van der Waals surface area contributed by atoms with E-state index in [4.69, 9.17) is 9.47 Å². The van der Waals surface area contributed by atoms with E-state index < -0.39 is 38.0 Å². The quantitative estimate of drug-likeness (QED) is 0.117. The van der Waals surface area contributed by atoms with E-state index in [1.165, 1.54) is 4.90 Å². The van der Waals surface area contributed by atoms with Crippen molar-refractivity contribution in [1.29, 1.82) is 0 Å². The lowest BCUT2D eigenvalue weighted by Gasteiger charge is -2.38. The Labute approximate surface area is 236 Å². The van der Waals surface area contributed by atoms with Crippen molar-refractivity contribution in [3.05, 3.63) is 60.2 Å². The molecule has 2 atom stereocenters. The molecular weight excluding hydrogens is 535 g/mol. The minimum Gasteiger partial charge on any atom is -0.466 e. The molecular formula is C29H41N2O8P. The van der Waals surface area contributed by atoms with Crippen LogP contribution in [0.4, 0.5) is 0 Å². The molecule has 11 heteroatoms. The van der Waals surface area contributed by atoms with E-state index in [1.807, 2.05) is 54.6 Å². The Balaban J connectivity index is 2.38. The van der Waals surface area contributed by atoms with Crippen molar-refractivity contribution >= 4 is 25.4 Å². The molecule has 0 saturated carbocycles. The molecule has 2 unspecified atom stereocenters. The molecule has 0 spiro atoms. The normalized spacial score (nSPS) is 13.1. The highest BCUT2D eigenvalue weighted by Crippen LogP contribution is 2.38. The third-order valence-electron chi connectivity index (χ3n) is 6.14. The molecule has 2 rings (SSSR count). The van der Waals surface area contributed by atoms with Gasteiger partial charge in [0.2, 0.25) is 5.91 Å². The van der Waals surface area contributed by atoms with E-state index in [2.05, 4.69) is 5.32 Å². The van der Waals surface area contributed by atoms with E-state index in [9.17, 15) is 28.7 Å². The van der Waals surface area contributed by atoms with Crippen LogP contribution in [0.1, 0.15) is 52.5 Å². The second-order valence-electron chi connectivity index (χ2n) is 9.78. The number of rotatable bonds is 16. The molecule has 10 nitrogen and oxygen atoms in total. The number of esters is 2. The van der Waals surface area contributed by atoms with Gasteiger partial charge in [0.25, 0.3) is 0 Å². The molecule has 0 bridgehead atoms. The average molecular weight is 577 g/mol. The van der Waals surface area contributed by atoms with Crippen LogP contribution in [-0.4, -0.2) is 64.2 Å². The number of nitrogens with one attached hydrogen (secondary N) is 1. The molecule has 40 heavy (non-hydrogen) atoms. The largest absolute Gasteiger partial charge is 0.466 e. The van der Waals surface area contributed by atoms with Crippen LogP contribution in [0.15, 0.2) is 54.6 Å². The zero-order valence-electron chi connectivity index (χ0n) is 23.6. The monoisotopic (exact) mass is 576 g/mol. The Morgan fingerprint density at radius 3 is 2.12 bits per heavy atom. The molecule has 0 aliphatic carbocycles. The molecule has 220 valence electrons. The van der Waals surface area contributed by atoms with Crippen LogP contribution in [-0.2, 0) is 34.8 Å². The Morgan fingerprint density at radius 2 is 1.57 bits per heavy atom. The minimum absolute atomic E-state index is 0.0681. The first-order chi connectivity index (χ1) is 18.9. The number of amides is 1. The van der Waals surface area contributed by atoms with Crippen LogP contribution in [0.5, 0.6) is 0 Å². The van der Waals surface area contributed by atoms with Gasteiger partial charge < -0.3 is 24.6 Å². The number of hydrogen-bond donors (Lipinski definition) is 3. The number of nitrogens with zero attached hydrogens (tertiary/aromatic N) is 1. The SMILES string of the molecule is CCOC(=O)CCCNC(=O)C(Cc1ccc(-c2ccccc2)cc1)N(CP(=O)(O)O)C(OC(=O)CC)C(C)C. The van der Waals surface area contributed by atoms with Gasteiger partial charge in [0.05, 0.1) is 12.6 Å². The van der Waals surface area contributed by atoms with E-state index in [1.54, 1.807) is 27.7 Å². The Kier molecular flexibility index (Phi) is 13.5. The minimum atomic E-state index is -4.67. The fourth-order valence-corrected chi connectivity index (χ4v) is 5.00. The molecule has 2 aromatic rings. The molecule has 0 radical (unpaired) electrons. The second kappa shape index (κ2) is 16.3. The van der Waals surface area contributed by atoms with Gasteiger partial charge in [0, 0.05) is 25.3 Å². The summed E-state index contributed by atoms with van der Waals surface area (Å²) < 4.78 is 22.8. The predicted molar refractivity (Wildman–Crippen MR) is 152 cm³/mol. The summed E-state index contributed by atoms with van der Waals surface area (Å²) in [6.07, 6.45) is -1.21. The van der Waals surface area contributed by atoms with Crippen molar-refractivity contribution in [2.45, 2.75) is 65.6 Å². The summed E-state index contributed by atoms with van der Waals surface area (Å²) in [6.45, 7) is 7.26. The average Bonchev–Trinajstić information content (AvgIpc) is 2.91. The highest BCUT2D eigenvalue weighted by Gasteiger charge is 2.39. The van der Waals surface area contributed by atoms with Gasteiger partial charge in [0.1, 0.15) is 6.29 Å². The molecule has 0 saturated heterocycles. The molecule has 2 aromatic carbocycles. The van der Waals surface area contributed by atoms with Crippen LogP contribution in [0.25, 0.3) is 11.1 Å². The van der Waals surface area contributed by atoms with Gasteiger partial charge in [-0.25, -0.2) is 4.90 Å². The summed E-state index contributed by atoms with van der Waals surface area (Å²) in [4.78, 5) is 58.7. The zero-order chi connectivity index (χ0) is 29.7. The molecule has 0 aliphatic heterocycles. The van der Waals surface area contributed by atoms with Gasteiger partial charge in [-0.15, -0.1) is 0 Å². The Morgan fingerprint density at radius 1 is 0.950 bits per heavy atom. The van der Waals surface area contributed by atoms with Gasteiger partial charge in [0.15, 0.2) is 6.23 Å². The first-order valence-corrected chi connectivity index (χ1v) is 15.3. The molecule has 3 N–H and O–H groups in total. The van der Waals surface area contributed by atoms with E-state index in [0.29, 0.717) is 6.42 Å². The maximum Gasteiger partial charge on any atom is 0.339 e. The summed E-state index contributed by atoms with van der Waals surface area (Å²) in [5, 5.41) is 2.78. The number of carbonyl (C=O) groups excluding carboxylic acids is 3. The lowest BCUT2D eigenvalue weighted by Crippen LogP contribution is -2.55. The summed E-state index contributed by atoms with van der Waals surface area (Å²) in [5.74, 6) is -1.79. The van der Waals surface area contributed by atoms with Gasteiger partial charge in [-0.1, -0.05) is 75.4 Å². The summed E-state index contributed by atoms with van der Waals surface area (Å²) >= 11 is 0. The molecule has 0 heterocycles. The third-order valence-corrected chi connectivity index (χ3v) is 6.84. The summed E-state index contributed by atoms with van der Waals surface area (Å²) in [7, 11) is -4.67. The van der Waals surface area contributed by atoms with Crippen LogP contribution in [0.3, 0.4) is 0 Å². The highest BCUT2D eigenvalue weighted by atomic mass is 31.2. The van der Waals surface area contributed by atoms with Crippen LogP contribution in [0.2, 0.25) is 0 Å². The maximum absolute atomic E-state index is 13.6. The second-order valence-corrected chi connectivity index (χ2v) is 11.4. The molecule has 1 amide bonds. The maximum atomic E-state index is 13.6. The van der Waals surface area contributed by atoms with Crippen molar-refractivity contribution in [1.82, 2.24) is 10.2 Å². The fraction of sp³-hybridized carbons (Fsp3) is 0.483. The first-order valence-electron chi connectivity index (χ1n) is 13.5. The molecule has 0 fully saturated rings. The Bertz CT molecular complexity index is 1130. The standard InChI is InChI=1S/C29H41N2O8P/c1-5-26(32)39-29(21(3)4)31(20-40(35,36)37)25(28(34)30-18-10-13-27(33)38-6-2)19-22-14-16-24(17-15-22)23-11-8-7-9-12-23/h7-9,11-12,14-17,21,25,29H,5-6,10,13,18-20H2,1-4H3,(H,30,34)(H2,35,36,37). The lowest BCUT2D eigenvalue weighted by atomic mass is 9.99. The third kappa shape index (κ3) is 11.2. The number of ether oxygens (including phenoxy) is 2. The van der Waals surface area contributed by atoms with E-state index >= 15 is 0 Å². The molecule has 0 aliphatic rings. The highest BCUT2D eigenvalue weighted by molar-refractivity contribution is 7.51. The van der Waals surface area contributed by atoms with Crippen LogP contribution >= 0.6 is 7.60 Å². The summed E-state index contributed by atoms with van der Waals surface area (Å²) in [5.41, 5.74) is 2.76. The van der Waals surface area contributed by atoms with Crippen molar-refractivity contribution in [2.75, 3.05) is 19.4 Å². The molecule has 0 aromatic heterocycles. The number of hydrogen-bond acceptors (Lipinski definition) is 7. The fourth-order valence-electron chi connectivity index (χ4n) is 4.22. The van der Waals surface area contributed by atoms with Crippen molar-refractivity contribution in [3.8, 4) is 11.1 Å². The van der Waals surface area contributed by atoms with Gasteiger partial charge in [-0.3, -0.25) is 18.9 Å². The van der Waals surface area contributed by atoms with Gasteiger partial charge in [-0.2, -0.15) is 0 Å².